The van der Waals surface area contributed by atoms with Crippen LogP contribution in [0.2, 0.25) is 0 Å². The molecule has 0 bridgehead atoms. The van der Waals surface area contributed by atoms with Gasteiger partial charge in [0.2, 0.25) is 11.8 Å². The Labute approximate surface area is 178 Å². The SMILES string of the molecule is CCOc1ccc(CN2CCN(C(=O)C3CC(=O)N(c4ccccc4)C3)CC2)cc1. The van der Waals surface area contributed by atoms with Crippen molar-refractivity contribution in [3.05, 3.63) is 60.2 Å². The number of carbonyl (C=O) groups excluding carboxylic acids is 2. The maximum atomic E-state index is 13.0. The molecular formula is C24H29N3O3. The van der Waals surface area contributed by atoms with Gasteiger partial charge in [0, 0.05) is 51.4 Å². The molecular weight excluding hydrogens is 378 g/mol. The molecule has 0 spiro atoms. The fraction of sp³-hybridized carbons (Fsp3) is 0.417. The minimum absolute atomic E-state index is 0.0358. The molecule has 2 heterocycles. The Hall–Kier alpha value is -2.86. The number of rotatable bonds is 6. The summed E-state index contributed by atoms with van der Waals surface area (Å²) in [6, 6.07) is 17.8. The number of carbonyl (C=O) groups is 2. The Bertz CT molecular complexity index is 861. The Morgan fingerprint density at radius 3 is 2.37 bits per heavy atom. The van der Waals surface area contributed by atoms with E-state index in [1.807, 2.05) is 54.3 Å². The molecule has 2 fully saturated rings. The number of hydrogen-bond acceptors (Lipinski definition) is 4. The zero-order valence-electron chi connectivity index (χ0n) is 17.5. The smallest absolute Gasteiger partial charge is 0.228 e. The lowest BCUT2D eigenvalue weighted by atomic mass is 10.1. The fourth-order valence-corrected chi connectivity index (χ4v) is 4.23. The Kier molecular flexibility index (Phi) is 6.33. The summed E-state index contributed by atoms with van der Waals surface area (Å²) in [5.74, 6) is 0.805. The first-order valence-electron chi connectivity index (χ1n) is 10.7. The minimum Gasteiger partial charge on any atom is -0.494 e. The lowest BCUT2D eigenvalue weighted by Gasteiger charge is -2.36. The van der Waals surface area contributed by atoms with Crippen molar-refractivity contribution in [3.8, 4) is 5.75 Å². The third-order valence-electron chi connectivity index (χ3n) is 5.87. The average molecular weight is 408 g/mol. The lowest BCUT2D eigenvalue weighted by molar-refractivity contribution is -0.137. The molecule has 2 aliphatic rings. The molecule has 0 aromatic heterocycles. The van der Waals surface area contributed by atoms with Crippen LogP contribution in [-0.4, -0.2) is 60.9 Å². The summed E-state index contributed by atoms with van der Waals surface area (Å²) in [7, 11) is 0. The molecule has 2 saturated heterocycles. The second-order valence-electron chi connectivity index (χ2n) is 7.92. The number of ether oxygens (including phenoxy) is 1. The van der Waals surface area contributed by atoms with Crippen LogP contribution in [0.25, 0.3) is 0 Å². The van der Waals surface area contributed by atoms with Gasteiger partial charge in [0.05, 0.1) is 12.5 Å². The molecule has 0 saturated carbocycles. The molecule has 158 valence electrons. The highest BCUT2D eigenvalue weighted by Gasteiger charge is 2.37. The van der Waals surface area contributed by atoms with E-state index in [0.717, 1.165) is 31.1 Å². The second kappa shape index (κ2) is 9.30. The highest BCUT2D eigenvalue weighted by molar-refractivity contribution is 6.00. The van der Waals surface area contributed by atoms with Crippen LogP contribution in [0.15, 0.2) is 54.6 Å². The van der Waals surface area contributed by atoms with E-state index < -0.39 is 0 Å². The van der Waals surface area contributed by atoms with Gasteiger partial charge in [-0.2, -0.15) is 0 Å². The van der Waals surface area contributed by atoms with Crippen LogP contribution >= 0.6 is 0 Å². The van der Waals surface area contributed by atoms with Crippen molar-refractivity contribution in [2.24, 2.45) is 5.92 Å². The van der Waals surface area contributed by atoms with Gasteiger partial charge in [-0.05, 0) is 36.8 Å². The first-order chi connectivity index (χ1) is 14.6. The van der Waals surface area contributed by atoms with Crippen molar-refractivity contribution in [2.75, 3.05) is 44.2 Å². The zero-order valence-corrected chi connectivity index (χ0v) is 17.5. The van der Waals surface area contributed by atoms with Gasteiger partial charge in [-0.1, -0.05) is 30.3 Å². The van der Waals surface area contributed by atoms with E-state index in [4.69, 9.17) is 4.74 Å². The number of hydrogen-bond donors (Lipinski definition) is 0. The topological polar surface area (TPSA) is 53.1 Å². The number of amides is 2. The minimum atomic E-state index is -0.240. The van der Waals surface area contributed by atoms with Crippen molar-refractivity contribution < 1.29 is 14.3 Å². The van der Waals surface area contributed by atoms with Crippen molar-refractivity contribution in [1.82, 2.24) is 9.80 Å². The van der Waals surface area contributed by atoms with Gasteiger partial charge in [0.15, 0.2) is 0 Å². The van der Waals surface area contributed by atoms with E-state index in [0.29, 0.717) is 32.7 Å². The molecule has 0 aliphatic carbocycles. The number of anilines is 1. The van der Waals surface area contributed by atoms with Gasteiger partial charge in [-0.3, -0.25) is 14.5 Å². The Balaban J connectivity index is 1.28. The maximum Gasteiger partial charge on any atom is 0.228 e. The van der Waals surface area contributed by atoms with E-state index in [-0.39, 0.29) is 17.7 Å². The predicted molar refractivity (Wildman–Crippen MR) is 116 cm³/mol. The fourth-order valence-electron chi connectivity index (χ4n) is 4.23. The Morgan fingerprint density at radius 1 is 1.00 bits per heavy atom. The molecule has 1 atom stereocenters. The highest BCUT2D eigenvalue weighted by atomic mass is 16.5. The summed E-state index contributed by atoms with van der Waals surface area (Å²) in [6.45, 7) is 7.13. The largest absolute Gasteiger partial charge is 0.494 e. The molecule has 2 amide bonds. The van der Waals surface area contributed by atoms with E-state index >= 15 is 0 Å². The molecule has 2 aromatic rings. The summed E-state index contributed by atoms with van der Waals surface area (Å²) in [4.78, 5) is 31.5. The highest BCUT2D eigenvalue weighted by Crippen LogP contribution is 2.26. The lowest BCUT2D eigenvalue weighted by Crippen LogP contribution is -2.50. The van der Waals surface area contributed by atoms with Crippen LogP contribution in [-0.2, 0) is 16.1 Å². The molecule has 2 aliphatic heterocycles. The van der Waals surface area contributed by atoms with Crippen LogP contribution in [0.5, 0.6) is 5.75 Å². The van der Waals surface area contributed by atoms with E-state index in [9.17, 15) is 9.59 Å². The van der Waals surface area contributed by atoms with Gasteiger partial charge in [-0.25, -0.2) is 0 Å². The quantitative estimate of drug-likeness (QED) is 0.739. The van der Waals surface area contributed by atoms with Crippen molar-refractivity contribution in [2.45, 2.75) is 19.9 Å². The number of piperazine rings is 1. The average Bonchev–Trinajstić information content (AvgIpc) is 3.17. The molecule has 30 heavy (non-hydrogen) atoms. The maximum absolute atomic E-state index is 13.0. The first-order valence-corrected chi connectivity index (χ1v) is 10.7. The van der Waals surface area contributed by atoms with Crippen LogP contribution in [0.3, 0.4) is 0 Å². The van der Waals surface area contributed by atoms with Gasteiger partial charge in [-0.15, -0.1) is 0 Å². The zero-order chi connectivity index (χ0) is 20.9. The Morgan fingerprint density at radius 2 is 1.70 bits per heavy atom. The van der Waals surface area contributed by atoms with Gasteiger partial charge >= 0.3 is 0 Å². The van der Waals surface area contributed by atoms with E-state index in [2.05, 4.69) is 17.0 Å². The van der Waals surface area contributed by atoms with Crippen molar-refractivity contribution >= 4 is 17.5 Å². The van der Waals surface area contributed by atoms with Crippen LogP contribution in [0, 0.1) is 5.92 Å². The van der Waals surface area contributed by atoms with Gasteiger partial charge in [0.1, 0.15) is 5.75 Å². The summed E-state index contributed by atoms with van der Waals surface area (Å²) in [6.07, 6.45) is 0.306. The third-order valence-corrected chi connectivity index (χ3v) is 5.87. The molecule has 1 unspecified atom stereocenters. The number of para-hydroxylation sites is 1. The molecule has 6 nitrogen and oxygen atoms in total. The molecule has 2 aromatic carbocycles. The van der Waals surface area contributed by atoms with Crippen LogP contribution in [0.1, 0.15) is 18.9 Å². The normalized spacial score (nSPS) is 19.9. The summed E-state index contributed by atoms with van der Waals surface area (Å²) in [5.41, 5.74) is 2.12. The number of benzene rings is 2. The van der Waals surface area contributed by atoms with E-state index in [1.54, 1.807) is 4.90 Å². The molecule has 0 N–H and O–H groups in total. The molecule has 4 rings (SSSR count). The molecule has 0 radical (unpaired) electrons. The molecule has 6 heteroatoms. The van der Waals surface area contributed by atoms with Gasteiger partial charge < -0.3 is 14.5 Å². The monoisotopic (exact) mass is 407 g/mol. The third kappa shape index (κ3) is 4.65. The van der Waals surface area contributed by atoms with Crippen LogP contribution in [0.4, 0.5) is 5.69 Å². The summed E-state index contributed by atoms with van der Waals surface area (Å²) >= 11 is 0. The second-order valence-corrected chi connectivity index (χ2v) is 7.92. The van der Waals surface area contributed by atoms with Crippen molar-refractivity contribution in [1.29, 1.82) is 0 Å². The number of nitrogens with zero attached hydrogens (tertiary/aromatic N) is 3. The summed E-state index contributed by atoms with van der Waals surface area (Å²) in [5, 5.41) is 0. The van der Waals surface area contributed by atoms with Gasteiger partial charge in [0.25, 0.3) is 0 Å². The summed E-state index contributed by atoms with van der Waals surface area (Å²) < 4.78 is 5.50. The van der Waals surface area contributed by atoms with E-state index in [1.165, 1.54) is 5.56 Å². The standard InChI is InChI=1S/C24H29N3O3/c1-2-30-22-10-8-19(9-11-22)17-25-12-14-26(15-13-25)24(29)20-16-23(28)27(18-20)21-6-4-3-5-7-21/h3-11,20H,2,12-18H2,1H3. The van der Waals surface area contributed by atoms with Crippen LogP contribution < -0.4 is 9.64 Å². The first kappa shape index (κ1) is 20.4. The van der Waals surface area contributed by atoms with Crippen molar-refractivity contribution in [3.63, 3.8) is 0 Å². The predicted octanol–water partition coefficient (Wildman–Crippen LogP) is 2.78.